The highest BCUT2D eigenvalue weighted by Gasteiger charge is 2.29. The van der Waals surface area contributed by atoms with Crippen molar-refractivity contribution in [2.75, 3.05) is 6.61 Å². The van der Waals surface area contributed by atoms with Crippen molar-refractivity contribution in [3.8, 4) is 11.3 Å². The van der Waals surface area contributed by atoms with Gasteiger partial charge in [-0.25, -0.2) is 22.2 Å². The van der Waals surface area contributed by atoms with Gasteiger partial charge < -0.3 is 9.47 Å². The van der Waals surface area contributed by atoms with E-state index < -0.39 is 16.0 Å². The normalized spacial score (nSPS) is 11.8. The Morgan fingerprint density at radius 3 is 2.24 bits per heavy atom. The number of aromatic nitrogens is 3. The van der Waals surface area contributed by atoms with E-state index in [0.29, 0.717) is 39.6 Å². The molecule has 232 valence electrons. The molecule has 6 rings (SSSR count). The minimum absolute atomic E-state index is 0.119. The van der Waals surface area contributed by atoms with Crippen molar-refractivity contribution in [3.63, 3.8) is 0 Å². The van der Waals surface area contributed by atoms with Crippen LogP contribution in [-0.4, -0.2) is 34.5 Å². The van der Waals surface area contributed by atoms with Crippen molar-refractivity contribution in [3.05, 3.63) is 139 Å². The summed E-state index contributed by atoms with van der Waals surface area (Å²) in [6.45, 7) is 2.42. The molecule has 0 amide bonds. The van der Waals surface area contributed by atoms with E-state index in [1.165, 1.54) is 27.9 Å². The summed E-state index contributed by atoms with van der Waals surface area (Å²) in [5.41, 5.74) is 2.99. The molecule has 2 aromatic heterocycles. The monoisotopic (exact) mass is 649 g/mol. The largest absolute Gasteiger partial charge is 0.463 e. The lowest BCUT2D eigenvalue weighted by Gasteiger charge is -2.14. The molecule has 4 aromatic carbocycles. The summed E-state index contributed by atoms with van der Waals surface area (Å²) in [6, 6.07) is 35.3. The van der Waals surface area contributed by atoms with Crippen molar-refractivity contribution in [2.45, 2.75) is 35.2 Å². The van der Waals surface area contributed by atoms with E-state index in [2.05, 4.69) is 0 Å². The number of nitrogens with zero attached hydrogens (tertiary/aromatic N) is 3. The number of esters is 1. The molecule has 6 aromatic rings. The number of ether oxygens (including phenoxy) is 2. The number of para-hydroxylation sites is 1. The van der Waals surface area contributed by atoms with Gasteiger partial charge in [0.25, 0.3) is 10.0 Å². The van der Waals surface area contributed by atoms with E-state index in [0.717, 1.165) is 10.5 Å². The quantitative estimate of drug-likeness (QED) is 0.0994. The predicted molar refractivity (Wildman–Crippen MR) is 180 cm³/mol. The van der Waals surface area contributed by atoms with Crippen LogP contribution in [-0.2, 0) is 37.6 Å². The molecule has 0 radical (unpaired) electrons. The van der Waals surface area contributed by atoms with Crippen LogP contribution in [0.1, 0.15) is 18.2 Å². The molecule has 10 heteroatoms. The van der Waals surface area contributed by atoms with Crippen LogP contribution in [0.5, 0.6) is 0 Å². The minimum Gasteiger partial charge on any atom is -0.463 e. The molecule has 0 N–H and O–H groups in total. The first-order valence-electron chi connectivity index (χ1n) is 14.7. The first-order chi connectivity index (χ1) is 22.5. The van der Waals surface area contributed by atoms with Gasteiger partial charge in [0.05, 0.1) is 41.2 Å². The standard InChI is InChI=1S/C36H31N3O5S2/c1-2-44-34(40)23-22-32-35(30-20-12-13-21-31(30)39(32)46(41,42)29-18-10-5-11-19-29)33-24-37-36(45-28-16-8-4-9-17-28)38(33)26-43-25-27-14-6-3-7-15-27/h3-24H,2,25-26H2,1H3/b23-22+. The second-order valence-electron chi connectivity index (χ2n) is 10.2. The van der Waals surface area contributed by atoms with Crippen LogP contribution in [0, 0.1) is 0 Å². The molecule has 2 heterocycles. The molecule has 0 atom stereocenters. The van der Waals surface area contributed by atoms with Crippen LogP contribution < -0.4 is 0 Å². The Morgan fingerprint density at radius 1 is 0.870 bits per heavy atom. The van der Waals surface area contributed by atoms with Gasteiger partial charge in [0.2, 0.25) is 0 Å². The van der Waals surface area contributed by atoms with Gasteiger partial charge in [-0.15, -0.1) is 0 Å². The maximum atomic E-state index is 14.3. The summed E-state index contributed by atoms with van der Waals surface area (Å²) in [5.74, 6) is -0.581. The molecule has 0 aliphatic rings. The van der Waals surface area contributed by atoms with Crippen LogP contribution in [0.3, 0.4) is 0 Å². The minimum atomic E-state index is -4.10. The zero-order valence-corrected chi connectivity index (χ0v) is 26.7. The lowest BCUT2D eigenvalue weighted by molar-refractivity contribution is -0.137. The third-order valence-corrected chi connectivity index (χ3v) is 9.93. The van der Waals surface area contributed by atoms with Crippen LogP contribution in [0.2, 0.25) is 0 Å². The molecular weight excluding hydrogens is 619 g/mol. The maximum Gasteiger partial charge on any atom is 0.330 e. The van der Waals surface area contributed by atoms with Gasteiger partial charge in [0.15, 0.2) is 5.16 Å². The molecule has 0 fully saturated rings. The number of rotatable bonds is 12. The van der Waals surface area contributed by atoms with Crippen molar-refractivity contribution in [1.82, 2.24) is 13.5 Å². The van der Waals surface area contributed by atoms with Crippen LogP contribution in [0.4, 0.5) is 0 Å². The third kappa shape index (κ3) is 6.55. The average molecular weight is 650 g/mol. The van der Waals surface area contributed by atoms with E-state index >= 15 is 0 Å². The molecule has 8 nitrogen and oxygen atoms in total. The highest BCUT2D eigenvalue weighted by Crippen LogP contribution is 2.40. The number of imidazole rings is 1. The third-order valence-electron chi connectivity index (χ3n) is 7.17. The van der Waals surface area contributed by atoms with Gasteiger partial charge in [0.1, 0.15) is 6.73 Å². The van der Waals surface area contributed by atoms with E-state index in [4.69, 9.17) is 14.5 Å². The molecule has 0 saturated heterocycles. The Bertz CT molecular complexity index is 2090. The summed E-state index contributed by atoms with van der Waals surface area (Å²) in [4.78, 5) is 18.4. The number of carbonyl (C=O) groups excluding carboxylic acids is 1. The Labute approximate surface area is 272 Å². The Kier molecular flexibility index (Phi) is 9.49. The van der Waals surface area contributed by atoms with Gasteiger partial charge in [-0.1, -0.05) is 96.7 Å². The number of hydrogen-bond acceptors (Lipinski definition) is 7. The molecule has 0 unspecified atom stereocenters. The first kappa shape index (κ1) is 31.1. The van der Waals surface area contributed by atoms with E-state index in [1.54, 1.807) is 55.6 Å². The first-order valence-corrected chi connectivity index (χ1v) is 16.9. The van der Waals surface area contributed by atoms with Crippen LogP contribution in [0.25, 0.3) is 28.2 Å². The van der Waals surface area contributed by atoms with Crippen molar-refractivity contribution < 1.29 is 22.7 Å². The molecular formula is C36H31N3O5S2. The van der Waals surface area contributed by atoms with E-state index in [9.17, 15) is 13.2 Å². The zero-order chi connectivity index (χ0) is 31.9. The fourth-order valence-electron chi connectivity index (χ4n) is 5.13. The van der Waals surface area contributed by atoms with Crippen LogP contribution in [0.15, 0.2) is 142 Å². The van der Waals surface area contributed by atoms with Gasteiger partial charge in [-0.3, -0.25) is 4.57 Å². The fraction of sp³-hybridized carbons (Fsp3) is 0.111. The molecule has 0 bridgehead atoms. The second-order valence-corrected chi connectivity index (χ2v) is 13.0. The number of hydrogen-bond donors (Lipinski definition) is 0. The summed E-state index contributed by atoms with van der Waals surface area (Å²) in [7, 11) is -4.10. The molecule has 0 aliphatic carbocycles. The second kappa shape index (κ2) is 14.0. The molecule has 0 saturated carbocycles. The molecule has 0 spiro atoms. The van der Waals surface area contributed by atoms with Gasteiger partial charge >= 0.3 is 5.97 Å². The van der Waals surface area contributed by atoms with Gasteiger partial charge in [-0.2, -0.15) is 0 Å². The molecule has 0 aliphatic heterocycles. The number of carbonyl (C=O) groups is 1. The van der Waals surface area contributed by atoms with Crippen LogP contribution >= 0.6 is 11.8 Å². The summed E-state index contributed by atoms with van der Waals surface area (Å²) in [6.07, 6.45) is 4.48. The van der Waals surface area contributed by atoms with Crippen molar-refractivity contribution in [1.29, 1.82) is 0 Å². The average Bonchev–Trinajstić information content (AvgIpc) is 3.63. The van der Waals surface area contributed by atoms with Gasteiger partial charge in [0, 0.05) is 21.9 Å². The SMILES string of the molecule is CCOC(=O)/C=C/c1c(-c2cnc(Sc3ccccc3)n2COCc2ccccc2)c2ccccc2n1S(=O)(=O)c1ccccc1. The highest BCUT2D eigenvalue weighted by atomic mass is 32.2. The predicted octanol–water partition coefficient (Wildman–Crippen LogP) is 7.64. The summed E-state index contributed by atoms with van der Waals surface area (Å²) in [5, 5.41) is 1.34. The zero-order valence-electron chi connectivity index (χ0n) is 25.0. The lowest BCUT2D eigenvalue weighted by Crippen LogP contribution is -2.15. The lowest BCUT2D eigenvalue weighted by atomic mass is 10.1. The smallest absolute Gasteiger partial charge is 0.330 e. The number of benzene rings is 4. The van der Waals surface area contributed by atoms with Crippen molar-refractivity contribution >= 4 is 44.7 Å². The topological polar surface area (TPSA) is 92.4 Å². The fourth-order valence-corrected chi connectivity index (χ4v) is 7.55. The Morgan fingerprint density at radius 2 is 1.52 bits per heavy atom. The Balaban J connectivity index is 1.56. The van der Waals surface area contributed by atoms with Crippen molar-refractivity contribution in [2.24, 2.45) is 0 Å². The number of fused-ring (bicyclic) bond motifs is 1. The Hall–Kier alpha value is -4.90. The van der Waals surface area contributed by atoms with Gasteiger partial charge in [-0.05, 0) is 48.9 Å². The summed E-state index contributed by atoms with van der Waals surface area (Å²) < 4.78 is 43.2. The molecule has 46 heavy (non-hydrogen) atoms. The maximum absolute atomic E-state index is 14.3. The van der Waals surface area contributed by atoms with E-state index in [-0.39, 0.29) is 18.2 Å². The summed E-state index contributed by atoms with van der Waals surface area (Å²) >= 11 is 1.48. The highest BCUT2D eigenvalue weighted by molar-refractivity contribution is 7.99. The van der Waals surface area contributed by atoms with E-state index in [1.807, 2.05) is 77.4 Å².